The first kappa shape index (κ1) is 15.0. The molecule has 0 radical (unpaired) electrons. The van der Waals surface area contributed by atoms with Gasteiger partial charge in [-0.15, -0.1) is 0 Å². The number of likely N-dealkylation sites (N-methyl/N-ethyl adjacent to an activating group) is 1. The molecule has 0 aliphatic carbocycles. The summed E-state index contributed by atoms with van der Waals surface area (Å²) in [4.78, 5) is 24.3. The molecule has 1 aromatic carbocycles. The standard InChI is InChI=1S/C14H20N2O3/c1-3-9-15-14(19)16(2)10-8-11-6-4-5-7-12(11)13(17)18/h4-7H,3,8-10H2,1-2H3,(H,15,19)(H,17,18). The predicted molar refractivity (Wildman–Crippen MR) is 73.4 cm³/mol. The molecule has 19 heavy (non-hydrogen) atoms. The molecule has 104 valence electrons. The molecule has 0 spiro atoms. The molecule has 0 aliphatic rings. The zero-order chi connectivity index (χ0) is 14.3. The number of benzene rings is 1. The van der Waals surface area contributed by atoms with Crippen LogP contribution in [-0.4, -0.2) is 42.1 Å². The Morgan fingerprint density at radius 3 is 2.63 bits per heavy atom. The summed E-state index contributed by atoms with van der Waals surface area (Å²) >= 11 is 0. The second kappa shape index (κ2) is 7.41. The number of nitrogens with one attached hydrogen (secondary N) is 1. The van der Waals surface area contributed by atoms with Gasteiger partial charge in [-0.1, -0.05) is 25.1 Å². The Hall–Kier alpha value is -2.04. The molecule has 0 bridgehead atoms. The van der Waals surface area contributed by atoms with E-state index in [0.29, 0.717) is 25.1 Å². The van der Waals surface area contributed by atoms with Crippen LogP contribution < -0.4 is 5.32 Å². The molecular weight excluding hydrogens is 244 g/mol. The number of hydrogen-bond donors (Lipinski definition) is 2. The fraction of sp³-hybridized carbons (Fsp3) is 0.429. The monoisotopic (exact) mass is 264 g/mol. The Morgan fingerprint density at radius 1 is 1.32 bits per heavy atom. The van der Waals surface area contributed by atoms with Crippen LogP contribution in [-0.2, 0) is 6.42 Å². The number of aromatic carboxylic acids is 1. The van der Waals surface area contributed by atoms with Crippen LogP contribution in [0.5, 0.6) is 0 Å². The van der Waals surface area contributed by atoms with Crippen LogP contribution in [0.25, 0.3) is 0 Å². The quantitative estimate of drug-likeness (QED) is 0.825. The number of urea groups is 1. The van der Waals surface area contributed by atoms with Gasteiger partial charge in [-0.2, -0.15) is 0 Å². The zero-order valence-electron chi connectivity index (χ0n) is 11.3. The zero-order valence-corrected chi connectivity index (χ0v) is 11.3. The highest BCUT2D eigenvalue weighted by Gasteiger charge is 2.11. The van der Waals surface area contributed by atoms with Gasteiger partial charge in [0.05, 0.1) is 5.56 Å². The van der Waals surface area contributed by atoms with E-state index in [1.54, 1.807) is 36.2 Å². The molecule has 0 aliphatic heterocycles. The van der Waals surface area contributed by atoms with Gasteiger partial charge in [-0.05, 0) is 24.5 Å². The van der Waals surface area contributed by atoms with E-state index in [9.17, 15) is 9.59 Å². The molecule has 0 saturated heterocycles. The number of nitrogens with zero attached hydrogens (tertiary/aromatic N) is 1. The van der Waals surface area contributed by atoms with Gasteiger partial charge >= 0.3 is 12.0 Å². The van der Waals surface area contributed by atoms with Crippen LogP contribution in [0.2, 0.25) is 0 Å². The number of carboxylic acids is 1. The van der Waals surface area contributed by atoms with Gasteiger partial charge in [-0.3, -0.25) is 0 Å². The number of carbonyl (C=O) groups is 2. The van der Waals surface area contributed by atoms with Gasteiger partial charge in [0.2, 0.25) is 0 Å². The van der Waals surface area contributed by atoms with Crippen molar-refractivity contribution >= 4 is 12.0 Å². The Balaban J connectivity index is 2.57. The lowest BCUT2D eigenvalue weighted by Gasteiger charge is -2.18. The normalized spacial score (nSPS) is 10.0. The highest BCUT2D eigenvalue weighted by Crippen LogP contribution is 2.10. The molecule has 0 fully saturated rings. The van der Waals surface area contributed by atoms with Crippen molar-refractivity contribution in [2.75, 3.05) is 20.1 Å². The van der Waals surface area contributed by atoms with Crippen molar-refractivity contribution in [3.05, 3.63) is 35.4 Å². The average molecular weight is 264 g/mol. The molecule has 0 heterocycles. The van der Waals surface area contributed by atoms with Gasteiger partial charge < -0.3 is 15.3 Å². The maximum Gasteiger partial charge on any atom is 0.335 e. The van der Waals surface area contributed by atoms with Crippen LogP contribution in [0.1, 0.15) is 29.3 Å². The van der Waals surface area contributed by atoms with Gasteiger partial charge in [0.25, 0.3) is 0 Å². The van der Waals surface area contributed by atoms with Gasteiger partial charge in [0.15, 0.2) is 0 Å². The number of rotatable bonds is 6. The molecule has 2 N–H and O–H groups in total. The van der Waals surface area contributed by atoms with Crippen LogP contribution in [0.15, 0.2) is 24.3 Å². The topological polar surface area (TPSA) is 69.6 Å². The number of carbonyl (C=O) groups excluding carboxylic acids is 1. The highest BCUT2D eigenvalue weighted by atomic mass is 16.4. The Kier molecular flexibility index (Phi) is 5.85. The maximum atomic E-state index is 11.6. The van der Waals surface area contributed by atoms with Crippen LogP contribution in [0.3, 0.4) is 0 Å². The lowest BCUT2D eigenvalue weighted by molar-refractivity contribution is 0.0695. The fourth-order valence-electron chi connectivity index (χ4n) is 1.70. The summed E-state index contributed by atoms with van der Waals surface area (Å²) in [5, 5.41) is 11.8. The van der Waals surface area contributed by atoms with E-state index in [1.807, 2.05) is 6.92 Å². The van der Waals surface area contributed by atoms with Crippen LogP contribution in [0.4, 0.5) is 4.79 Å². The van der Waals surface area contributed by atoms with Crippen molar-refractivity contribution in [3.63, 3.8) is 0 Å². The summed E-state index contributed by atoms with van der Waals surface area (Å²) in [6, 6.07) is 6.73. The summed E-state index contributed by atoms with van der Waals surface area (Å²) in [6.45, 7) is 3.12. The third-order valence-corrected chi connectivity index (χ3v) is 2.84. The van der Waals surface area contributed by atoms with Crippen molar-refractivity contribution in [2.24, 2.45) is 0 Å². The lowest BCUT2D eigenvalue weighted by Crippen LogP contribution is -2.38. The minimum absolute atomic E-state index is 0.130. The Bertz CT molecular complexity index is 446. The molecule has 0 aromatic heterocycles. The molecular formula is C14H20N2O3. The number of amides is 2. The Morgan fingerprint density at radius 2 is 2.00 bits per heavy atom. The summed E-state index contributed by atoms with van der Waals surface area (Å²) in [6.07, 6.45) is 1.42. The largest absolute Gasteiger partial charge is 0.478 e. The third kappa shape index (κ3) is 4.62. The average Bonchev–Trinajstić information content (AvgIpc) is 2.42. The minimum atomic E-state index is -0.936. The predicted octanol–water partition coefficient (Wildman–Crippen LogP) is 1.98. The van der Waals surface area contributed by atoms with Crippen LogP contribution >= 0.6 is 0 Å². The maximum absolute atomic E-state index is 11.6. The number of hydrogen-bond acceptors (Lipinski definition) is 2. The number of carboxylic acid groups (broad SMARTS) is 1. The first-order valence-corrected chi connectivity index (χ1v) is 6.36. The van der Waals surface area contributed by atoms with Crippen molar-refractivity contribution in [1.82, 2.24) is 10.2 Å². The van der Waals surface area contributed by atoms with E-state index in [-0.39, 0.29) is 6.03 Å². The van der Waals surface area contributed by atoms with Crippen molar-refractivity contribution in [1.29, 1.82) is 0 Å². The molecule has 0 saturated carbocycles. The smallest absolute Gasteiger partial charge is 0.335 e. The van der Waals surface area contributed by atoms with Gasteiger partial charge in [-0.25, -0.2) is 9.59 Å². The molecule has 1 aromatic rings. The third-order valence-electron chi connectivity index (χ3n) is 2.84. The van der Waals surface area contributed by atoms with Gasteiger partial charge in [0.1, 0.15) is 0 Å². The first-order chi connectivity index (χ1) is 9.06. The molecule has 2 amide bonds. The SMILES string of the molecule is CCCNC(=O)N(C)CCc1ccccc1C(=O)O. The van der Waals surface area contributed by atoms with Crippen LogP contribution in [0, 0.1) is 0 Å². The summed E-state index contributed by atoms with van der Waals surface area (Å²) in [5.74, 6) is -0.936. The fourth-order valence-corrected chi connectivity index (χ4v) is 1.70. The summed E-state index contributed by atoms with van der Waals surface area (Å²) in [7, 11) is 1.70. The van der Waals surface area contributed by atoms with E-state index in [4.69, 9.17) is 5.11 Å². The Labute approximate surface area is 113 Å². The van der Waals surface area contributed by atoms with E-state index in [2.05, 4.69) is 5.32 Å². The van der Waals surface area contributed by atoms with E-state index in [0.717, 1.165) is 12.0 Å². The van der Waals surface area contributed by atoms with Crippen molar-refractivity contribution in [3.8, 4) is 0 Å². The molecule has 5 heteroatoms. The highest BCUT2D eigenvalue weighted by molar-refractivity contribution is 5.89. The second-order valence-corrected chi connectivity index (χ2v) is 4.37. The van der Waals surface area contributed by atoms with Crippen molar-refractivity contribution < 1.29 is 14.7 Å². The first-order valence-electron chi connectivity index (χ1n) is 6.36. The van der Waals surface area contributed by atoms with E-state index < -0.39 is 5.97 Å². The summed E-state index contributed by atoms with van der Waals surface area (Å²) in [5.41, 5.74) is 1.04. The second-order valence-electron chi connectivity index (χ2n) is 4.37. The molecule has 1 rings (SSSR count). The van der Waals surface area contributed by atoms with Crippen molar-refractivity contribution in [2.45, 2.75) is 19.8 Å². The summed E-state index contributed by atoms with van der Waals surface area (Å²) < 4.78 is 0. The lowest BCUT2D eigenvalue weighted by atomic mass is 10.0. The molecule has 0 atom stereocenters. The van der Waals surface area contributed by atoms with E-state index in [1.165, 1.54) is 0 Å². The van der Waals surface area contributed by atoms with Gasteiger partial charge in [0, 0.05) is 20.1 Å². The van der Waals surface area contributed by atoms with E-state index >= 15 is 0 Å². The molecule has 0 unspecified atom stereocenters. The molecule has 5 nitrogen and oxygen atoms in total. The minimum Gasteiger partial charge on any atom is -0.478 e.